The Morgan fingerprint density at radius 3 is 2.73 bits per heavy atom. The summed E-state index contributed by atoms with van der Waals surface area (Å²) in [5.41, 5.74) is 3.57. The van der Waals surface area contributed by atoms with Gasteiger partial charge in [0.2, 0.25) is 5.91 Å². The molecule has 3 heterocycles. The monoisotopic (exact) mass is 352 g/mol. The number of benzene rings is 1. The Balaban J connectivity index is 1.20. The molecular weight excluding hydrogens is 328 g/mol. The number of piperidine rings is 1. The summed E-state index contributed by atoms with van der Waals surface area (Å²) in [6.45, 7) is 3.00. The van der Waals surface area contributed by atoms with Crippen LogP contribution in [0.15, 0.2) is 24.5 Å². The molecule has 2 fully saturated rings. The lowest BCUT2D eigenvalue weighted by molar-refractivity contribution is -0.131. The number of aromatic nitrogens is 3. The molecule has 1 aromatic heterocycles. The van der Waals surface area contributed by atoms with Gasteiger partial charge in [0, 0.05) is 25.0 Å². The van der Waals surface area contributed by atoms with E-state index >= 15 is 0 Å². The van der Waals surface area contributed by atoms with Crippen molar-refractivity contribution in [1.82, 2.24) is 19.7 Å². The zero-order chi connectivity index (χ0) is 17.5. The van der Waals surface area contributed by atoms with E-state index in [0.717, 1.165) is 37.3 Å². The number of carbonyl (C=O) groups is 1. The molecule has 2 aliphatic heterocycles. The molecule has 6 nitrogen and oxygen atoms in total. The van der Waals surface area contributed by atoms with E-state index in [1.165, 1.54) is 24.0 Å². The van der Waals surface area contributed by atoms with Gasteiger partial charge in [0.1, 0.15) is 12.2 Å². The van der Waals surface area contributed by atoms with Gasteiger partial charge in [-0.1, -0.05) is 18.2 Å². The summed E-state index contributed by atoms with van der Waals surface area (Å²) in [5.74, 6) is 1.78. The summed E-state index contributed by atoms with van der Waals surface area (Å²) < 4.78 is 7.72. The summed E-state index contributed by atoms with van der Waals surface area (Å²) in [7, 11) is 0. The van der Waals surface area contributed by atoms with Crippen molar-refractivity contribution in [2.24, 2.45) is 0 Å². The van der Waals surface area contributed by atoms with Crippen molar-refractivity contribution in [1.29, 1.82) is 0 Å². The number of carbonyl (C=O) groups excluding carboxylic acids is 1. The van der Waals surface area contributed by atoms with E-state index in [9.17, 15) is 4.79 Å². The first kappa shape index (κ1) is 16.0. The van der Waals surface area contributed by atoms with Crippen molar-refractivity contribution in [2.75, 3.05) is 13.1 Å². The highest BCUT2D eigenvalue weighted by molar-refractivity contribution is 5.79. The third-order valence-corrected chi connectivity index (χ3v) is 5.90. The van der Waals surface area contributed by atoms with E-state index in [-0.39, 0.29) is 5.91 Å². The molecule has 0 N–H and O–H groups in total. The Bertz CT molecular complexity index is 819. The highest BCUT2D eigenvalue weighted by atomic mass is 16.5. The second-order valence-electron chi connectivity index (χ2n) is 7.76. The van der Waals surface area contributed by atoms with Crippen LogP contribution in [-0.4, -0.2) is 38.7 Å². The predicted octanol–water partition coefficient (Wildman–Crippen LogP) is 2.59. The van der Waals surface area contributed by atoms with Crippen molar-refractivity contribution >= 4 is 5.91 Å². The molecule has 0 radical (unpaired) electrons. The fourth-order valence-corrected chi connectivity index (χ4v) is 4.19. The molecular formula is C20H24N4O2. The first-order chi connectivity index (χ1) is 12.8. The number of fused-ring (bicyclic) bond motifs is 1. The Kier molecular flexibility index (Phi) is 4.00. The molecule has 6 heteroatoms. The van der Waals surface area contributed by atoms with Gasteiger partial charge in [-0.3, -0.25) is 4.79 Å². The lowest BCUT2D eigenvalue weighted by atomic mass is 9.95. The van der Waals surface area contributed by atoms with E-state index in [4.69, 9.17) is 4.74 Å². The van der Waals surface area contributed by atoms with Crippen molar-refractivity contribution in [3.8, 4) is 0 Å². The van der Waals surface area contributed by atoms with Gasteiger partial charge in [-0.05, 0) is 42.4 Å². The number of amides is 1. The van der Waals surface area contributed by atoms with E-state index < -0.39 is 0 Å². The highest BCUT2D eigenvalue weighted by Gasteiger charge is 2.31. The van der Waals surface area contributed by atoms with Crippen molar-refractivity contribution in [3.05, 3.63) is 47.0 Å². The number of ether oxygens (including phenoxy) is 1. The standard InChI is InChI=1S/C20H24N4O2/c25-19(10-14-1-2-16-11-26-12-17(16)9-14)23-7-5-15(6-8-23)20-22-21-13-24(20)18-3-4-18/h1-2,9,13,15,18H,3-8,10-12H2. The molecule has 0 atom stereocenters. The maximum atomic E-state index is 12.7. The van der Waals surface area contributed by atoms with Crippen molar-refractivity contribution < 1.29 is 9.53 Å². The van der Waals surface area contributed by atoms with E-state index in [1.807, 2.05) is 11.2 Å². The van der Waals surface area contributed by atoms with Crippen LogP contribution in [0.4, 0.5) is 0 Å². The summed E-state index contributed by atoms with van der Waals surface area (Å²) in [6, 6.07) is 6.91. The molecule has 26 heavy (non-hydrogen) atoms. The minimum Gasteiger partial charge on any atom is -0.372 e. The molecule has 0 spiro atoms. The fraction of sp³-hybridized carbons (Fsp3) is 0.550. The number of nitrogens with zero attached hydrogens (tertiary/aromatic N) is 4. The molecule has 1 amide bonds. The largest absolute Gasteiger partial charge is 0.372 e. The summed E-state index contributed by atoms with van der Waals surface area (Å²) >= 11 is 0. The van der Waals surface area contributed by atoms with Crippen LogP contribution in [0.3, 0.4) is 0 Å². The molecule has 136 valence electrons. The normalized spacial score (nSPS) is 20.4. The van der Waals surface area contributed by atoms with Crippen LogP contribution in [0.1, 0.15) is 60.2 Å². The molecule has 0 bridgehead atoms. The average Bonchev–Trinajstić information content (AvgIpc) is 3.20. The van der Waals surface area contributed by atoms with Gasteiger partial charge in [0.05, 0.1) is 19.6 Å². The van der Waals surface area contributed by atoms with Gasteiger partial charge < -0.3 is 14.2 Å². The Morgan fingerprint density at radius 2 is 1.92 bits per heavy atom. The quantitative estimate of drug-likeness (QED) is 0.849. The Hall–Kier alpha value is -2.21. The minimum absolute atomic E-state index is 0.228. The smallest absolute Gasteiger partial charge is 0.226 e. The number of hydrogen-bond acceptors (Lipinski definition) is 4. The van der Waals surface area contributed by atoms with Crippen LogP contribution < -0.4 is 0 Å². The number of likely N-dealkylation sites (tertiary alicyclic amines) is 1. The van der Waals surface area contributed by atoms with Crippen LogP contribution in [-0.2, 0) is 29.2 Å². The summed E-state index contributed by atoms with van der Waals surface area (Å²) in [5, 5.41) is 8.49. The summed E-state index contributed by atoms with van der Waals surface area (Å²) in [6.07, 6.45) is 6.81. The van der Waals surface area contributed by atoms with Gasteiger partial charge in [-0.15, -0.1) is 10.2 Å². The molecule has 1 aromatic carbocycles. The van der Waals surface area contributed by atoms with E-state index in [2.05, 4.69) is 33.0 Å². The van der Waals surface area contributed by atoms with E-state index in [0.29, 0.717) is 31.6 Å². The first-order valence-corrected chi connectivity index (χ1v) is 9.63. The summed E-state index contributed by atoms with van der Waals surface area (Å²) in [4.78, 5) is 14.7. The molecule has 1 saturated heterocycles. The van der Waals surface area contributed by atoms with Gasteiger partial charge in [0.15, 0.2) is 0 Å². The van der Waals surface area contributed by atoms with Gasteiger partial charge in [-0.2, -0.15) is 0 Å². The second kappa shape index (κ2) is 6.50. The van der Waals surface area contributed by atoms with Gasteiger partial charge in [-0.25, -0.2) is 0 Å². The minimum atomic E-state index is 0.228. The van der Waals surface area contributed by atoms with Gasteiger partial charge in [0.25, 0.3) is 0 Å². The van der Waals surface area contributed by atoms with Crippen molar-refractivity contribution in [3.63, 3.8) is 0 Å². The average molecular weight is 352 g/mol. The molecule has 3 aliphatic rings. The molecule has 2 aromatic rings. The van der Waals surface area contributed by atoms with Crippen LogP contribution in [0, 0.1) is 0 Å². The molecule has 5 rings (SSSR count). The first-order valence-electron chi connectivity index (χ1n) is 9.63. The third-order valence-electron chi connectivity index (χ3n) is 5.90. The zero-order valence-electron chi connectivity index (χ0n) is 14.9. The lowest BCUT2D eigenvalue weighted by Crippen LogP contribution is -2.39. The highest BCUT2D eigenvalue weighted by Crippen LogP contribution is 2.38. The third kappa shape index (κ3) is 3.03. The van der Waals surface area contributed by atoms with Crippen LogP contribution >= 0.6 is 0 Å². The predicted molar refractivity (Wildman–Crippen MR) is 95.5 cm³/mol. The Morgan fingerprint density at radius 1 is 1.12 bits per heavy atom. The fourth-order valence-electron chi connectivity index (χ4n) is 4.19. The second-order valence-corrected chi connectivity index (χ2v) is 7.76. The molecule has 0 unspecified atom stereocenters. The van der Waals surface area contributed by atoms with Crippen LogP contribution in [0.2, 0.25) is 0 Å². The van der Waals surface area contributed by atoms with Crippen molar-refractivity contribution in [2.45, 2.75) is 57.3 Å². The van der Waals surface area contributed by atoms with Crippen LogP contribution in [0.25, 0.3) is 0 Å². The molecule has 1 saturated carbocycles. The van der Waals surface area contributed by atoms with Gasteiger partial charge >= 0.3 is 0 Å². The maximum absolute atomic E-state index is 12.7. The maximum Gasteiger partial charge on any atom is 0.226 e. The SMILES string of the molecule is O=C(Cc1ccc2c(c1)COC2)N1CCC(c2nncn2C2CC2)CC1. The molecule has 1 aliphatic carbocycles. The Labute approximate surface area is 153 Å². The van der Waals surface area contributed by atoms with E-state index in [1.54, 1.807) is 0 Å². The number of rotatable bonds is 4. The zero-order valence-corrected chi connectivity index (χ0v) is 14.9. The van der Waals surface area contributed by atoms with Crippen LogP contribution in [0.5, 0.6) is 0 Å². The topological polar surface area (TPSA) is 60.2 Å². The lowest BCUT2D eigenvalue weighted by Gasteiger charge is -2.31. The number of hydrogen-bond donors (Lipinski definition) is 0.